The Morgan fingerprint density at radius 1 is 1.18 bits per heavy atom. The molecule has 4 rings (SSSR count). The molecule has 0 spiro atoms. The zero-order chi connectivity index (χ0) is 23.8. The number of carbonyl (C=O) groups is 1. The standard InChI is InChI=1S/C21H23F2N5O3S2/c1-13-6-7-15(12-16(13)33(30,31)27-9-4-3-5-10-27)19(29)26-21-25-14(2)17(32-21)18-24-8-11-28(18)20(22)23/h6-8,11-12,20H,3-5,9-10H2,1-2H3,(H,25,26,29). The van der Waals surface area contributed by atoms with Crippen molar-refractivity contribution in [1.29, 1.82) is 0 Å². The Balaban J connectivity index is 1.59. The van der Waals surface area contributed by atoms with Gasteiger partial charge < -0.3 is 0 Å². The summed E-state index contributed by atoms with van der Waals surface area (Å²) in [5.41, 5.74) is 1.17. The molecule has 0 radical (unpaired) electrons. The zero-order valence-corrected chi connectivity index (χ0v) is 19.7. The van der Waals surface area contributed by atoms with Crippen molar-refractivity contribution in [2.24, 2.45) is 0 Å². The summed E-state index contributed by atoms with van der Waals surface area (Å²) >= 11 is 1.02. The number of rotatable bonds is 6. The summed E-state index contributed by atoms with van der Waals surface area (Å²) in [6.45, 7) is 1.51. The third-order valence-corrected chi connectivity index (χ3v) is 8.59. The van der Waals surface area contributed by atoms with Crippen LogP contribution < -0.4 is 5.32 Å². The number of alkyl halides is 2. The van der Waals surface area contributed by atoms with Crippen molar-refractivity contribution >= 4 is 32.4 Å². The van der Waals surface area contributed by atoms with Crippen LogP contribution in [0.1, 0.15) is 47.4 Å². The van der Waals surface area contributed by atoms with Gasteiger partial charge in [-0.25, -0.2) is 18.4 Å². The molecule has 8 nitrogen and oxygen atoms in total. The summed E-state index contributed by atoms with van der Waals surface area (Å²) in [5.74, 6) is -0.478. The summed E-state index contributed by atoms with van der Waals surface area (Å²) in [4.78, 5) is 21.6. The Hall–Kier alpha value is -2.70. The van der Waals surface area contributed by atoms with Crippen LogP contribution in [0.4, 0.5) is 13.9 Å². The minimum Gasteiger partial charge on any atom is -0.298 e. The molecule has 1 fully saturated rings. The molecule has 0 atom stereocenters. The van der Waals surface area contributed by atoms with E-state index in [1.807, 2.05) is 0 Å². The normalized spacial score (nSPS) is 15.2. The number of amides is 1. The number of imidazole rings is 1. The second-order valence-corrected chi connectivity index (χ2v) is 10.7. The Labute approximate surface area is 194 Å². The molecule has 3 aromatic rings. The topological polar surface area (TPSA) is 97.2 Å². The maximum absolute atomic E-state index is 13.2. The molecule has 0 saturated carbocycles. The molecule has 33 heavy (non-hydrogen) atoms. The molecule has 1 N–H and O–H groups in total. The summed E-state index contributed by atoms with van der Waals surface area (Å²) < 4.78 is 54.8. The van der Waals surface area contributed by atoms with Gasteiger partial charge in [0.15, 0.2) is 11.0 Å². The second-order valence-electron chi connectivity index (χ2n) is 7.77. The van der Waals surface area contributed by atoms with Crippen molar-refractivity contribution < 1.29 is 22.0 Å². The molecule has 0 aliphatic carbocycles. The number of nitrogens with zero attached hydrogens (tertiary/aromatic N) is 4. The lowest BCUT2D eigenvalue weighted by molar-refractivity contribution is 0.0720. The van der Waals surface area contributed by atoms with E-state index >= 15 is 0 Å². The number of halogens is 2. The number of piperidine rings is 1. The monoisotopic (exact) mass is 495 g/mol. The molecule has 2 aromatic heterocycles. The van der Waals surface area contributed by atoms with Crippen LogP contribution in [0.3, 0.4) is 0 Å². The largest absolute Gasteiger partial charge is 0.320 e. The predicted molar refractivity (Wildman–Crippen MR) is 121 cm³/mol. The van der Waals surface area contributed by atoms with E-state index in [0.29, 0.717) is 29.2 Å². The number of anilines is 1. The highest BCUT2D eigenvalue weighted by molar-refractivity contribution is 7.89. The van der Waals surface area contributed by atoms with Crippen LogP contribution in [0.25, 0.3) is 10.7 Å². The second kappa shape index (κ2) is 9.27. The molecular weight excluding hydrogens is 472 g/mol. The lowest BCUT2D eigenvalue weighted by Gasteiger charge is -2.26. The average molecular weight is 496 g/mol. The van der Waals surface area contributed by atoms with Crippen LogP contribution in [0.5, 0.6) is 0 Å². The number of benzene rings is 1. The summed E-state index contributed by atoms with van der Waals surface area (Å²) in [5, 5.41) is 2.85. The minimum absolute atomic E-state index is 0.0609. The van der Waals surface area contributed by atoms with Crippen molar-refractivity contribution in [2.45, 2.75) is 44.6 Å². The lowest BCUT2D eigenvalue weighted by Crippen LogP contribution is -2.36. The van der Waals surface area contributed by atoms with Gasteiger partial charge in [-0.1, -0.05) is 23.8 Å². The van der Waals surface area contributed by atoms with Gasteiger partial charge in [0, 0.05) is 31.0 Å². The minimum atomic E-state index is -3.71. The number of nitrogens with one attached hydrogen (secondary N) is 1. The predicted octanol–water partition coefficient (Wildman–Crippen LogP) is 4.45. The van der Waals surface area contributed by atoms with E-state index in [9.17, 15) is 22.0 Å². The Bertz CT molecular complexity index is 1280. The Morgan fingerprint density at radius 3 is 2.61 bits per heavy atom. The number of sulfonamides is 1. The SMILES string of the molecule is Cc1ccc(C(=O)Nc2nc(C)c(-c3nccn3C(F)F)s2)cc1S(=O)(=O)N1CCCCC1. The van der Waals surface area contributed by atoms with Crippen LogP contribution in [0.15, 0.2) is 35.5 Å². The molecule has 1 amide bonds. The van der Waals surface area contributed by atoms with Gasteiger partial charge in [-0.15, -0.1) is 0 Å². The maximum Gasteiger partial charge on any atom is 0.320 e. The molecule has 1 aliphatic heterocycles. The van der Waals surface area contributed by atoms with Crippen LogP contribution in [-0.4, -0.2) is 46.3 Å². The first-order chi connectivity index (χ1) is 15.7. The van der Waals surface area contributed by atoms with Crippen LogP contribution >= 0.6 is 11.3 Å². The van der Waals surface area contributed by atoms with Gasteiger partial charge in [0.25, 0.3) is 5.91 Å². The van der Waals surface area contributed by atoms with E-state index < -0.39 is 22.5 Å². The maximum atomic E-state index is 13.2. The fourth-order valence-corrected chi connectivity index (χ4v) is 6.47. The molecule has 1 aliphatic rings. The lowest BCUT2D eigenvalue weighted by atomic mass is 10.1. The molecule has 1 saturated heterocycles. The van der Waals surface area contributed by atoms with Crippen molar-refractivity contribution in [3.63, 3.8) is 0 Å². The molecule has 12 heteroatoms. The first-order valence-corrected chi connectivity index (χ1v) is 12.6. The number of hydrogen-bond acceptors (Lipinski definition) is 6. The Kier molecular flexibility index (Phi) is 6.59. The van der Waals surface area contributed by atoms with Crippen molar-refractivity contribution in [2.75, 3.05) is 18.4 Å². The van der Waals surface area contributed by atoms with Crippen molar-refractivity contribution in [3.05, 3.63) is 47.4 Å². The first kappa shape index (κ1) is 23.5. The highest BCUT2D eigenvalue weighted by atomic mass is 32.2. The number of aromatic nitrogens is 3. The summed E-state index contributed by atoms with van der Waals surface area (Å²) in [7, 11) is -3.71. The van der Waals surface area contributed by atoms with E-state index in [4.69, 9.17) is 0 Å². The third-order valence-electron chi connectivity index (χ3n) is 5.48. The van der Waals surface area contributed by atoms with E-state index in [0.717, 1.165) is 35.2 Å². The van der Waals surface area contributed by atoms with Gasteiger partial charge in [-0.2, -0.15) is 13.1 Å². The van der Waals surface area contributed by atoms with Gasteiger partial charge in [-0.3, -0.25) is 14.7 Å². The molecule has 176 valence electrons. The van der Waals surface area contributed by atoms with Gasteiger partial charge >= 0.3 is 6.55 Å². The average Bonchev–Trinajstić information content (AvgIpc) is 3.41. The number of hydrogen-bond donors (Lipinski definition) is 1. The smallest absolute Gasteiger partial charge is 0.298 e. The molecule has 0 bridgehead atoms. The third kappa shape index (κ3) is 4.68. The molecule has 3 heterocycles. The van der Waals surface area contributed by atoms with Gasteiger partial charge in [0.1, 0.15) is 0 Å². The summed E-state index contributed by atoms with van der Waals surface area (Å²) in [6.07, 6.45) is 5.08. The van der Waals surface area contributed by atoms with Crippen LogP contribution in [0, 0.1) is 13.8 Å². The molecule has 0 unspecified atom stereocenters. The highest BCUT2D eigenvalue weighted by Gasteiger charge is 2.28. The van der Waals surface area contributed by atoms with Crippen molar-refractivity contribution in [3.8, 4) is 10.7 Å². The van der Waals surface area contributed by atoms with E-state index in [1.165, 1.54) is 22.8 Å². The molecule has 1 aromatic carbocycles. The number of carbonyl (C=O) groups excluding carboxylic acids is 1. The summed E-state index contributed by atoms with van der Waals surface area (Å²) in [6, 6.07) is 4.52. The van der Waals surface area contributed by atoms with E-state index in [2.05, 4.69) is 15.3 Å². The zero-order valence-electron chi connectivity index (χ0n) is 18.1. The van der Waals surface area contributed by atoms with E-state index in [-0.39, 0.29) is 21.4 Å². The fourth-order valence-electron chi connectivity index (χ4n) is 3.74. The number of aryl methyl sites for hydroxylation is 2. The quantitative estimate of drug-likeness (QED) is 0.545. The number of thiazole rings is 1. The van der Waals surface area contributed by atoms with Crippen LogP contribution in [0.2, 0.25) is 0 Å². The van der Waals surface area contributed by atoms with Crippen LogP contribution in [-0.2, 0) is 10.0 Å². The van der Waals surface area contributed by atoms with Crippen molar-refractivity contribution in [1.82, 2.24) is 18.8 Å². The van der Waals surface area contributed by atoms with E-state index in [1.54, 1.807) is 26.0 Å². The molecular formula is C21H23F2N5O3S2. The highest BCUT2D eigenvalue weighted by Crippen LogP contribution is 2.34. The van der Waals surface area contributed by atoms with Gasteiger partial charge in [0.2, 0.25) is 10.0 Å². The van der Waals surface area contributed by atoms with Gasteiger partial charge in [0.05, 0.1) is 15.5 Å². The fraction of sp³-hybridized carbons (Fsp3) is 0.381. The Morgan fingerprint density at radius 2 is 1.91 bits per heavy atom. The first-order valence-electron chi connectivity index (χ1n) is 10.4. The van der Waals surface area contributed by atoms with Gasteiger partial charge in [-0.05, 0) is 44.4 Å².